The molecule has 4 nitrogen and oxygen atoms in total. The van der Waals surface area contributed by atoms with Crippen molar-refractivity contribution >= 4 is 10.0 Å². The third kappa shape index (κ3) is 3.47. The Morgan fingerprint density at radius 2 is 1.86 bits per heavy atom. The van der Waals surface area contributed by atoms with E-state index in [9.17, 15) is 17.9 Å². The molecule has 0 bridgehead atoms. The van der Waals surface area contributed by atoms with Crippen LogP contribution in [0.2, 0.25) is 0 Å². The Hall–Kier alpha value is -1.76. The number of aliphatic hydroxyl groups is 1. The van der Waals surface area contributed by atoms with Crippen LogP contribution >= 0.6 is 0 Å². The fraction of sp³-hybridized carbons (Fsp3) is 0.200. The van der Waals surface area contributed by atoms with E-state index in [1.54, 1.807) is 24.3 Å². The molecule has 0 aromatic heterocycles. The van der Waals surface area contributed by atoms with E-state index in [-0.39, 0.29) is 18.0 Å². The highest BCUT2D eigenvalue weighted by Crippen LogP contribution is 2.21. The largest absolute Gasteiger partial charge is 0.392 e. The SMILES string of the molecule is CN(Cc1cccc(F)c1)S(=O)(=O)c1ccccc1CO. The van der Waals surface area contributed by atoms with Crippen LogP contribution in [0.1, 0.15) is 11.1 Å². The van der Waals surface area contributed by atoms with Gasteiger partial charge in [0.1, 0.15) is 5.82 Å². The van der Waals surface area contributed by atoms with Gasteiger partial charge in [0.05, 0.1) is 11.5 Å². The van der Waals surface area contributed by atoms with Crippen LogP contribution in [0.5, 0.6) is 0 Å². The molecule has 0 saturated carbocycles. The first-order chi connectivity index (χ1) is 9.95. The third-order valence-corrected chi connectivity index (χ3v) is 5.03. The van der Waals surface area contributed by atoms with Crippen LogP contribution < -0.4 is 0 Å². The molecule has 0 amide bonds. The molecule has 0 radical (unpaired) electrons. The van der Waals surface area contributed by atoms with Crippen molar-refractivity contribution in [2.75, 3.05) is 7.05 Å². The van der Waals surface area contributed by atoms with Gasteiger partial charge in [0.2, 0.25) is 10.0 Å². The fourth-order valence-electron chi connectivity index (χ4n) is 2.03. The van der Waals surface area contributed by atoms with E-state index in [1.807, 2.05) is 0 Å². The van der Waals surface area contributed by atoms with Crippen molar-refractivity contribution in [2.24, 2.45) is 0 Å². The summed E-state index contributed by atoms with van der Waals surface area (Å²) in [6.45, 7) is -0.303. The Morgan fingerprint density at radius 3 is 2.52 bits per heavy atom. The van der Waals surface area contributed by atoms with E-state index in [1.165, 1.54) is 31.3 Å². The highest BCUT2D eigenvalue weighted by atomic mass is 32.2. The van der Waals surface area contributed by atoms with Crippen LogP contribution in [0.15, 0.2) is 53.4 Å². The zero-order chi connectivity index (χ0) is 15.5. The average molecular weight is 309 g/mol. The minimum Gasteiger partial charge on any atom is -0.392 e. The number of nitrogens with zero attached hydrogens (tertiary/aromatic N) is 1. The maximum Gasteiger partial charge on any atom is 0.243 e. The van der Waals surface area contributed by atoms with Crippen LogP contribution in [-0.2, 0) is 23.2 Å². The Bertz CT molecular complexity index is 731. The lowest BCUT2D eigenvalue weighted by Gasteiger charge is -2.19. The normalized spacial score (nSPS) is 11.8. The molecule has 2 aromatic rings. The number of halogens is 1. The molecular formula is C15H16FNO3S. The quantitative estimate of drug-likeness (QED) is 0.920. The van der Waals surface area contributed by atoms with Crippen molar-refractivity contribution in [1.82, 2.24) is 4.31 Å². The second-order valence-corrected chi connectivity index (χ2v) is 6.67. The lowest BCUT2D eigenvalue weighted by molar-refractivity contribution is 0.278. The van der Waals surface area contributed by atoms with Gasteiger partial charge < -0.3 is 5.11 Å². The van der Waals surface area contributed by atoms with E-state index in [4.69, 9.17) is 0 Å². The van der Waals surface area contributed by atoms with E-state index in [0.717, 1.165) is 4.31 Å². The van der Waals surface area contributed by atoms with Crippen LogP contribution in [0, 0.1) is 5.82 Å². The number of rotatable bonds is 5. The maximum atomic E-state index is 13.2. The highest BCUT2D eigenvalue weighted by Gasteiger charge is 2.23. The van der Waals surface area contributed by atoms with Gasteiger partial charge in [0, 0.05) is 13.6 Å². The topological polar surface area (TPSA) is 57.6 Å². The molecule has 1 N–H and O–H groups in total. The number of sulfonamides is 1. The third-order valence-electron chi connectivity index (χ3n) is 3.13. The summed E-state index contributed by atoms with van der Waals surface area (Å²) in [6.07, 6.45) is 0. The molecule has 0 aliphatic rings. The molecule has 112 valence electrons. The molecule has 0 spiro atoms. The predicted octanol–water partition coefficient (Wildman–Crippen LogP) is 2.14. The summed E-state index contributed by atoms with van der Waals surface area (Å²) in [5.74, 6) is -0.408. The number of benzene rings is 2. The second-order valence-electron chi connectivity index (χ2n) is 4.66. The predicted molar refractivity (Wildman–Crippen MR) is 77.4 cm³/mol. The minimum atomic E-state index is -3.74. The Kier molecular flexibility index (Phi) is 4.72. The lowest BCUT2D eigenvalue weighted by atomic mass is 10.2. The zero-order valence-electron chi connectivity index (χ0n) is 11.5. The molecule has 0 unspecified atom stereocenters. The molecular weight excluding hydrogens is 293 g/mol. The van der Waals surface area contributed by atoms with Crippen molar-refractivity contribution in [3.05, 3.63) is 65.5 Å². The van der Waals surface area contributed by atoms with E-state index in [0.29, 0.717) is 11.1 Å². The monoisotopic (exact) mass is 309 g/mol. The molecule has 2 rings (SSSR count). The minimum absolute atomic E-state index is 0.0554. The van der Waals surface area contributed by atoms with E-state index < -0.39 is 15.8 Å². The summed E-state index contributed by atoms with van der Waals surface area (Å²) in [5.41, 5.74) is 0.895. The van der Waals surface area contributed by atoms with Gasteiger partial charge in [-0.3, -0.25) is 0 Å². The molecule has 0 aliphatic heterocycles. The van der Waals surface area contributed by atoms with Gasteiger partial charge in [-0.15, -0.1) is 0 Å². The zero-order valence-corrected chi connectivity index (χ0v) is 12.3. The van der Waals surface area contributed by atoms with E-state index >= 15 is 0 Å². The van der Waals surface area contributed by atoms with Crippen molar-refractivity contribution < 1.29 is 17.9 Å². The molecule has 0 heterocycles. The summed E-state index contributed by atoms with van der Waals surface area (Å²) in [7, 11) is -2.32. The smallest absolute Gasteiger partial charge is 0.243 e. The van der Waals surface area contributed by atoms with Gasteiger partial charge >= 0.3 is 0 Å². The lowest BCUT2D eigenvalue weighted by Crippen LogP contribution is -2.27. The number of hydrogen-bond acceptors (Lipinski definition) is 3. The fourth-order valence-corrected chi connectivity index (χ4v) is 3.40. The van der Waals surface area contributed by atoms with Gasteiger partial charge in [-0.05, 0) is 29.3 Å². The van der Waals surface area contributed by atoms with Gasteiger partial charge in [-0.2, -0.15) is 4.31 Å². The number of hydrogen-bond donors (Lipinski definition) is 1. The van der Waals surface area contributed by atoms with Crippen molar-refractivity contribution in [2.45, 2.75) is 18.0 Å². The van der Waals surface area contributed by atoms with Crippen LogP contribution in [0.25, 0.3) is 0 Å². The summed E-state index contributed by atoms with van der Waals surface area (Å²) in [5, 5.41) is 9.26. The van der Waals surface area contributed by atoms with E-state index in [2.05, 4.69) is 0 Å². The molecule has 6 heteroatoms. The molecule has 0 saturated heterocycles. The van der Waals surface area contributed by atoms with Crippen LogP contribution in [-0.4, -0.2) is 24.9 Å². The number of aliphatic hydroxyl groups excluding tert-OH is 1. The molecule has 0 fully saturated rings. The standard InChI is InChI=1S/C15H16FNO3S/c1-17(10-12-5-4-7-14(16)9-12)21(19,20)15-8-3-2-6-13(15)11-18/h2-9,18H,10-11H2,1H3. The van der Waals surface area contributed by atoms with Crippen molar-refractivity contribution in [1.29, 1.82) is 0 Å². The average Bonchev–Trinajstić information content (AvgIpc) is 2.47. The summed E-state index contributed by atoms with van der Waals surface area (Å²) >= 11 is 0. The second kappa shape index (κ2) is 6.34. The first-order valence-corrected chi connectivity index (χ1v) is 7.78. The van der Waals surface area contributed by atoms with Gasteiger partial charge in [0.25, 0.3) is 0 Å². The Balaban J connectivity index is 2.31. The molecule has 0 atom stereocenters. The van der Waals surface area contributed by atoms with Crippen molar-refractivity contribution in [3.8, 4) is 0 Å². The van der Waals surface area contributed by atoms with Crippen molar-refractivity contribution in [3.63, 3.8) is 0 Å². The highest BCUT2D eigenvalue weighted by molar-refractivity contribution is 7.89. The summed E-state index contributed by atoms with van der Waals surface area (Å²) < 4.78 is 39.3. The Labute approximate surface area is 123 Å². The first kappa shape index (κ1) is 15.6. The molecule has 21 heavy (non-hydrogen) atoms. The summed E-state index contributed by atoms with van der Waals surface area (Å²) in [6, 6.07) is 12.1. The Morgan fingerprint density at radius 1 is 1.14 bits per heavy atom. The first-order valence-electron chi connectivity index (χ1n) is 6.34. The van der Waals surface area contributed by atoms with Gasteiger partial charge in [0.15, 0.2) is 0 Å². The van der Waals surface area contributed by atoms with Crippen LogP contribution in [0.3, 0.4) is 0 Å². The van der Waals surface area contributed by atoms with Gasteiger partial charge in [-0.1, -0.05) is 30.3 Å². The molecule has 0 aliphatic carbocycles. The van der Waals surface area contributed by atoms with Gasteiger partial charge in [-0.25, -0.2) is 12.8 Å². The summed E-state index contributed by atoms with van der Waals surface area (Å²) in [4.78, 5) is 0.0615. The molecule has 2 aromatic carbocycles. The van der Waals surface area contributed by atoms with Crippen LogP contribution in [0.4, 0.5) is 4.39 Å². The maximum absolute atomic E-state index is 13.2.